The number of carbonyl (C=O) groups is 1. The SMILES string of the molecule is Cc1cc(C)n(-c2ccc(C(=O)NCCN3CCOCC3)cc2)n1. The van der Waals surface area contributed by atoms with Crippen molar-refractivity contribution in [2.75, 3.05) is 39.4 Å². The van der Waals surface area contributed by atoms with E-state index in [9.17, 15) is 4.79 Å². The highest BCUT2D eigenvalue weighted by Crippen LogP contribution is 2.13. The van der Waals surface area contributed by atoms with E-state index in [0.717, 1.165) is 49.9 Å². The zero-order chi connectivity index (χ0) is 16.9. The molecule has 0 bridgehead atoms. The van der Waals surface area contributed by atoms with Crippen LogP contribution in [0.3, 0.4) is 0 Å². The number of hydrogen-bond acceptors (Lipinski definition) is 4. The zero-order valence-electron chi connectivity index (χ0n) is 14.3. The van der Waals surface area contributed by atoms with Crippen LogP contribution in [-0.2, 0) is 4.74 Å². The third-order valence-corrected chi connectivity index (χ3v) is 4.20. The van der Waals surface area contributed by atoms with Gasteiger partial charge in [-0.1, -0.05) is 0 Å². The molecule has 0 saturated carbocycles. The van der Waals surface area contributed by atoms with Crippen LogP contribution in [0.2, 0.25) is 0 Å². The molecule has 1 saturated heterocycles. The van der Waals surface area contributed by atoms with Gasteiger partial charge >= 0.3 is 0 Å². The molecule has 6 nitrogen and oxygen atoms in total. The van der Waals surface area contributed by atoms with Gasteiger partial charge in [-0.25, -0.2) is 4.68 Å². The summed E-state index contributed by atoms with van der Waals surface area (Å²) in [6, 6.07) is 9.57. The zero-order valence-corrected chi connectivity index (χ0v) is 14.3. The van der Waals surface area contributed by atoms with Crippen molar-refractivity contribution in [2.45, 2.75) is 13.8 Å². The van der Waals surface area contributed by atoms with E-state index in [-0.39, 0.29) is 5.91 Å². The number of hydrogen-bond donors (Lipinski definition) is 1. The summed E-state index contributed by atoms with van der Waals surface area (Å²) in [7, 11) is 0. The van der Waals surface area contributed by atoms with Gasteiger partial charge in [0.2, 0.25) is 0 Å². The van der Waals surface area contributed by atoms with Gasteiger partial charge < -0.3 is 10.1 Å². The van der Waals surface area contributed by atoms with Crippen LogP contribution in [0, 0.1) is 13.8 Å². The first-order valence-corrected chi connectivity index (χ1v) is 8.35. The highest BCUT2D eigenvalue weighted by molar-refractivity contribution is 5.94. The Morgan fingerprint density at radius 1 is 1.21 bits per heavy atom. The van der Waals surface area contributed by atoms with E-state index in [4.69, 9.17) is 4.74 Å². The molecule has 1 N–H and O–H groups in total. The van der Waals surface area contributed by atoms with Gasteiger partial charge in [0.1, 0.15) is 0 Å². The number of nitrogens with zero attached hydrogens (tertiary/aromatic N) is 3. The van der Waals surface area contributed by atoms with Crippen molar-refractivity contribution in [1.29, 1.82) is 0 Å². The largest absolute Gasteiger partial charge is 0.379 e. The van der Waals surface area contributed by atoms with Gasteiger partial charge in [-0.15, -0.1) is 0 Å². The third kappa shape index (κ3) is 4.01. The minimum absolute atomic E-state index is 0.0387. The Bertz CT molecular complexity index is 688. The summed E-state index contributed by atoms with van der Waals surface area (Å²) in [6.07, 6.45) is 0. The molecule has 0 spiro atoms. The monoisotopic (exact) mass is 328 g/mol. The van der Waals surface area contributed by atoms with Gasteiger partial charge in [-0.3, -0.25) is 9.69 Å². The normalized spacial score (nSPS) is 15.4. The average Bonchev–Trinajstić information content (AvgIpc) is 2.94. The number of morpholine rings is 1. The van der Waals surface area contributed by atoms with Crippen LogP contribution in [0.4, 0.5) is 0 Å². The number of aromatic nitrogens is 2. The highest BCUT2D eigenvalue weighted by Gasteiger charge is 2.11. The molecule has 1 fully saturated rings. The Balaban J connectivity index is 1.54. The van der Waals surface area contributed by atoms with E-state index in [2.05, 4.69) is 15.3 Å². The van der Waals surface area contributed by atoms with Crippen molar-refractivity contribution < 1.29 is 9.53 Å². The van der Waals surface area contributed by atoms with Gasteiger partial charge in [-0.05, 0) is 44.2 Å². The van der Waals surface area contributed by atoms with Gasteiger partial charge in [-0.2, -0.15) is 5.10 Å². The second kappa shape index (κ2) is 7.59. The predicted molar refractivity (Wildman–Crippen MR) is 92.6 cm³/mol. The highest BCUT2D eigenvalue weighted by atomic mass is 16.5. The maximum absolute atomic E-state index is 12.2. The molecule has 0 radical (unpaired) electrons. The topological polar surface area (TPSA) is 59.4 Å². The summed E-state index contributed by atoms with van der Waals surface area (Å²) < 4.78 is 7.20. The van der Waals surface area contributed by atoms with Gasteiger partial charge in [0, 0.05) is 37.4 Å². The van der Waals surface area contributed by atoms with E-state index in [1.54, 1.807) is 0 Å². The van der Waals surface area contributed by atoms with Crippen molar-refractivity contribution in [1.82, 2.24) is 20.0 Å². The van der Waals surface area contributed by atoms with Crippen LogP contribution in [0.25, 0.3) is 5.69 Å². The maximum atomic E-state index is 12.2. The van der Waals surface area contributed by atoms with E-state index in [1.807, 2.05) is 48.9 Å². The molecule has 24 heavy (non-hydrogen) atoms. The Kier molecular flexibility index (Phi) is 5.27. The molecule has 0 unspecified atom stereocenters. The number of amides is 1. The van der Waals surface area contributed by atoms with Crippen molar-refractivity contribution in [2.24, 2.45) is 0 Å². The second-order valence-electron chi connectivity index (χ2n) is 6.10. The minimum Gasteiger partial charge on any atom is -0.379 e. The van der Waals surface area contributed by atoms with E-state index in [1.165, 1.54) is 0 Å². The quantitative estimate of drug-likeness (QED) is 0.905. The number of aryl methyl sites for hydroxylation is 2. The average molecular weight is 328 g/mol. The summed E-state index contributed by atoms with van der Waals surface area (Å²) in [5.74, 6) is -0.0387. The van der Waals surface area contributed by atoms with Crippen molar-refractivity contribution in [3.8, 4) is 5.69 Å². The van der Waals surface area contributed by atoms with Crippen LogP contribution >= 0.6 is 0 Å². The van der Waals surface area contributed by atoms with Crippen LogP contribution in [0.15, 0.2) is 30.3 Å². The molecule has 1 aliphatic heterocycles. The van der Waals surface area contributed by atoms with E-state index < -0.39 is 0 Å². The van der Waals surface area contributed by atoms with Crippen LogP contribution in [0.5, 0.6) is 0 Å². The Hall–Kier alpha value is -2.18. The number of rotatable bonds is 5. The van der Waals surface area contributed by atoms with E-state index in [0.29, 0.717) is 12.1 Å². The molecule has 2 aromatic rings. The lowest BCUT2D eigenvalue weighted by Gasteiger charge is -2.26. The Morgan fingerprint density at radius 3 is 2.54 bits per heavy atom. The summed E-state index contributed by atoms with van der Waals surface area (Å²) in [5.41, 5.74) is 3.69. The maximum Gasteiger partial charge on any atom is 0.251 e. The first kappa shape index (κ1) is 16.7. The van der Waals surface area contributed by atoms with Crippen LogP contribution in [-0.4, -0.2) is 60.0 Å². The third-order valence-electron chi connectivity index (χ3n) is 4.20. The lowest BCUT2D eigenvalue weighted by Crippen LogP contribution is -2.41. The van der Waals surface area contributed by atoms with Crippen molar-refractivity contribution in [3.63, 3.8) is 0 Å². The minimum atomic E-state index is -0.0387. The van der Waals surface area contributed by atoms with Gasteiger partial charge in [0.25, 0.3) is 5.91 Å². The lowest BCUT2D eigenvalue weighted by atomic mass is 10.2. The molecule has 0 aliphatic carbocycles. The smallest absolute Gasteiger partial charge is 0.251 e. The number of nitrogens with one attached hydrogen (secondary N) is 1. The van der Waals surface area contributed by atoms with Gasteiger partial charge in [0.05, 0.1) is 24.6 Å². The molecular weight excluding hydrogens is 304 g/mol. The van der Waals surface area contributed by atoms with Crippen molar-refractivity contribution >= 4 is 5.91 Å². The summed E-state index contributed by atoms with van der Waals surface area (Å²) in [4.78, 5) is 14.5. The molecule has 2 heterocycles. The summed E-state index contributed by atoms with van der Waals surface area (Å²) >= 11 is 0. The molecule has 1 amide bonds. The molecular formula is C18H24N4O2. The fourth-order valence-corrected chi connectivity index (χ4v) is 2.90. The molecule has 128 valence electrons. The van der Waals surface area contributed by atoms with Gasteiger partial charge in [0.15, 0.2) is 0 Å². The molecule has 1 aromatic carbocycles. The Labute approximate surface area is 142 Å². The first-order chi connectivity index (χ1) is 11.6. The van der Waals surface area contributed by atoms with E-state index >= 15 is 0 Å². The standard InChI is InChI=1S/C18H24N4O2/c1-14-13-15(2)22(20-14)17-5-3-16(4-6-17)18(23)19-7-8-21-9-11-24-12-10-21/h3-6,13H,7-12H2,1-2H3,(H,19,23). The Morgan fingerprint density at radius 2 is 1.92 bits per heavy atom. The summed E-state index contributed by atoms with van der Waals surface area (Å²) in [5, 5.41) is 7.43. The van der Waals surface area contributed by atoms with Crippen molar-refractivity contribution in [3.05, 3.63) is 47.3 Å². The number of carbonyl (C=O) groups excluding carboxylic acids is 1. The predicted octanol–water partition coefficient (Wildman–Crippen LogP) is 1.55. The lowest BCUT2D eigenvalue weighted by molar-refractivity contribution is 0.0383. The fourth-order valence-electron chi connectivity index (χ4n) is 2.90. The molecule has 1 aromatic heterocycles. The molecule has 3 rings (SSSR count). The van der Waals surface area contributed by atoms with Crippen LogP contribution in [0.1, 0.15) is 21.7 Å². The summed E-state index contributed by atoms with van der Waals surface area (Å²) in [6.45, 7) is 8.94. The number of ether oxygens (including phenoxy) is 1. The molecule has 6 heteroatoms. The fraction of sp³-hybridized carbons (Fsp3) is 0.444. The number of benzene rings is 1. The molecule has 0 atom stereocenters. The van der Waals surface area contributed by atoms with Crippen LogP contribution < -0.4 is 5.32 Å². The second-order valence-corrected chi connectivity index (χ2v) is 6.10. The molecule has 1 aliphatic rings. The first-order valence-electron chi connectivity index (χ1n) is 8.35.